The Morgan fingerprint density at radius 2 is 2.05 bits per heavy atom. The van der Waals surface area contributed by atoms with E-state index in [1.165, 1.54) is 0 Å². The van der Waals surface area contributed by atoms with Gasteiger partial charge in [-0.05, 0) is 40.0 Å². The van der Waals surface area contributed by atoms with Gasteiger partial charge in [-0.3, -0.25) is 4.79 Å². The molecule has 1 saturated carbocycles. The Labute approximate surface area is 126 Å². The van der Waals surface area contributed by atoms with E-state index in [-0.39, 0.29) is 18.4 Å². The predicted molar refractivity (Wildman–Crippen MR) is 79.9 cm³/mol. The van der Waals surface area contributed by atoms with Crippen LogP contribution in [-0.2, 0) is 11.2 Å². The lowest BCUT2D eigenvalue weighted by atomic mass is 9.82. The van der Waals surface area contributed by atoms with Crippen LogP contribution in [0.4, 0.5) is 0 Å². The molecule has 1 heterocycles. The number of carbonyl (C=O) groups excluding carboxylic acids is 1. The molecule has 21 heavy (non-hydrogen) atoms. The zero-order valence-corrected chi connectivity index (χ0v) is 13.2. The summed E-state index contributed by atoms with van der Waals surface area (Å²) in [5, 5.41) is 17.3. The maximum Gasteiger partial charge on any atom is 0.223 e. The Hall–Kier alpha value is -1.36. The fourth-order valence-electron chi connectivity index (χ4n) is 3.16. The minimum atomic E-state index is -0.801. The SMILES string of the molecule is Cc1noc(C)c1CC(C)NC(=O)CC1(O)CCCCC1. The van der Waals surface area contributed by atoms with Crippen molar-refractivity contribution < 1.29 is 14.4 Å². The van der Waals surface area contributed by atoms with E-state index in [0.29, 0.717) is 6.42 Å². The molecule has 1 fully saturated rings. The molecule has 1 amide bonds. The maximum atomic E-state index is 12.1. The molecule has 1 aliphatic rings. The number of aryl methyl sites for hydroxylation is 2. The first kappa shape index (κ1) is 16.0. The van der Waals surface area contributed by atoms with Gasteiger partial charge in [0.05, 0.1) is 17.7 Å². The molecule has 118 valence electrons. The van der Waals surface area contributed by atoms with Gasteiger partial charge in [0, 0.05) is 11.6 Å². The summed E-state index contributed by atoms with van der Waals surface area (Å²) < 4.78 is 5.14. The fraction of sp³-hybridized carbons (Fsp3) is 0.750. The summed E-state index contributed by atoms with van der Waals surface area (Å²) in [5.74, 6) is 0.734. The van der Waals surface area contributed by atoms with Crippen LogP contribution in [0.25, 0.3) is 0 Å². The summed E-state index contributed by atoms with van der Waals surface area (Å²) in [5.41, 5.74) is 1.13. The third-order valence-corrected chi connectivity index (χ3v) is 4.37. The molecule has 1 aromatic rings. The Morgan fingerprint density at radius 1 is 1.38 bits per heavy atom. The van der Waals surface area contributed by atoms with Crippen molar-refractivity contribution in [2.45, 2.75) is 77.4 Å². The zero-order valence-electron chi connectivity index (χ0n) is 13.2. The normalized spacial score (nSPS) is 19.2. The summed E-state index contributed by atoms with van der Waals surface area (Å²) in [6, 6.07) is 0.00138. The second kappa shape index (κ2) is 6.60. The van der Waals surface area contributed by atoms with Crippen molar-refractivity contribution in [1.29, 1.82) is 0 Å². The summed E-state index contributed by atoms with van der Waals surface area (Å²) in [6.45, 7) is 5.76. The quantitative estimate of drug-likeness (QED) is 0.874. The van der Waals surface area contributed by atoms with E-state index in [4.69, 9.17) is 4.52 Å². The number of amides is 1. The number of carbonyl (C=O) groups is 1. The predicted octanol–water partition coefficient (Wildman–Crippen LogP) is 2.42. The van der Waals surface area contributed by atoms with Crippen LogP contribution in [-0.4, -0.2) is 27.8 Å². The third-order valence-electron chi connectivity index (χ3n) is 4.37. The molecule has 0 aromatic carbocycles. The van der Waals surface area contributed by atoms with E-state index in [1.54, 1.807) is 0 Å². The van der Waals surface area contributed by atoms with E-state index >= 15 is 0 Å². The molecule has 0 spiro atoms. The summed E-state index contributed by atoms with van der Waals surface area (Å²) in [7, 11) is 0. The van der Waals surface area contributed by atoms with Gasteiger partial charge in [-0.25, -0.2) is 0 Å². The Kier molecular flexibility index (Phi) is 5.04. The highest BCUT2D eigenvalue weighted by Crippen LogP contribution is 2.30. The first-order valence-electron chi connectivity index (χ1n) is 7.83. The van der Waals surface area contributed by atoms with Crippen molar-refractivity contribution in [3.63, 3.8) is 0 Å². The molecular weight excluding hydrogens is 268 g/mol. The largest absolute Gasteiger partial charge is 0.389 e. The van der Waals surface area contributed by atoms with E-state index in [2.05, 4.69) is 10.5 Å². The molecule has 1 unspecified atom stereocenters. The zero-order chi connectivity index (χ0) is 15.5. The Morgan fingerprint density at radius 3 is 2.62 bits per heavy atom. The van der Waals surface area contributed by atoms with E-state index in [0.717, 1.165) is 49.1 Å². The fourth-order valence-corrected chi connectivity index (χ4v) is 3.16. The van der Waals surface area contributed by atoms with Crippen LogP contribution >= 0.6 is 0 Å². The van der Waals surface area contributed by atoms with Crippen molar-refractivity contribution >= 4 is 5.91 Å². The van der Waals surface area contributed by atoms with E-state index in [9.17, 15) is 9.90 Å². The van der Waals surface area contributed by atoms with Crippen LogP contribution < -0.4 is 5.32 Å². The van der Waals surface area contributed by atoms with E-state index in [1.807, 2.05) is 20.8 Å². The number of hydrogen-bond acceptors (Lipinski definition) is 4. The average molecular weight is 294 g/mol. The van der Waals surface area contributed by atoms with Crippen molar-refractivity contribution in [3.8, 4) is 0 Å². The maximum absolute atomic E-state index is 12.1. The number of aromatic nitrogens is 1. The molecule has 2 N–H and O–H groups in total. The van der Waals surface area contributed by atoms with Crippen molar-refractivity contribution in [1.82, 2.24) is 10.5 Å². The molecule has 0 aliphatic heterocycles. The lowest BCUT2D eigenvalue weighted by Crippen LogP contribution is -2.41. The Bertz CT molecular complexity index is 470. The molecule has 0 saturated heterocycles. The minimum absolute atomic E-state index is 0.00138. The first-order valence-corrected chi connectivity index (χ1v) is 7.83. The molecule has 5 nitrogen and oxygen atoms in total. The van der Waals surface area contributed by atoms with Gasteiger partial charge >= 0.3 is 0 Å². The molecule has 1 aliphatic carbocycles. The minimum Gasteiger partial charge on any atom is -0.389 e. The van der Waals surface area contributed by atoms with Crippen LogP contribution in [0.1, 0.15) is 62.5 Å². The van der Waals surface area contributed by atoms with E-state index < -0.39 is 5.60 Å². The number of nitrogens with one attached hydrogen (secondary N) is 1. The Balaban J connectivity index is 1.84. The summed E-state index contributed by atoms with van der Waals surface area (Å²) in [4.78, 5) is 12.1. The van der Waals surface area contributed by atoms with Crippen LogP contribution in [0.15, 0.2) is 4.52 Å². The number of aliphatic hydroxyl groups is 1. The number of nitrogens with zero attached hydrogens (tertiary/aromatic N) is 1. The molecular formula is C16H26N2O3. The topological polar surface area (TPSA) is 75.4 Å². The highest BCUT2D eigenvalue weighted by molar-refractivity contribution is 5.77. The van der Waals surface area contributed by atoms with Gasteiger partial charge in [0.25, 0.3) is 0 Å². The number of rotatable bonds is 5. The van der Waals surface area contributed by atoms with Crippen LogP contribution in [0.2, 0.25) is 0 Å². The monoisotopic (exact) mass is 294 g/mol. The lowest BCUT2D eigenvalue weighted by molar-refractivity contribution is -0.128. The van der Waals surface area contributed by atoms with Crippen LogP contribution in [0, 0.1) is 13.8 Å². The van der Waals surface area contributed by atoms with Crippen molar-refractivity contribution in [2.24, 2.45) is 0 Å². The molecule has 0 radical (unpaired) electrons. The third kappa shape index (κ3) is 4.30. The average Bonchev–Trinajstić information content (AvgIpc) is 2.70. The van der Waals surface area contributed by atoms with Gasteiger partial charge in [0.15, 0.2) is 0 Å². The first-order chi connectivity index (χ1) is 9.89. The lowest BCUT2D eigenvalue weighted by Gasteiger charge is -2.31. The van der Waals surface area contributed by atoms with Crippen molar-refractivity contribution in [2.75, 3.05) is 0 Å². The van der Waals surface area contributed by atoms with Gasteiger partial charge < -0.3 is 14.9 Å². The smallest absolute Gasteiger partial charge is 0.223 e. The van der Waals surface area contributed by atoms with Gasteiger partial charge in [-0.1, -0.05) is 24.4 Å². The highest BCUT2D eigenvalue weighted by Gasteiger charge is 2.32. The van der Waals surface area contributed by atoms with Gasteiger partial charge in [-0.15, -0.1) is 0 Å². The van der Waals surface area contributed by atoms with Gasteiger partial charge in [-0.2, -0.15) is 0 Å². The van der Waals surface area contributed by atoms with Crippen molar-refractivity contribution in [3.05, 3.63) is 17.0 Å². The molecule has 5 heteroatoms. The molecule has 2 rings (SSSR count). The van der Waals surface area contributed by atoms with Crippen LogP contribution in [0.5, 0.6) is 0 Å². The summed E-state index contributed by atoms with van der Waals surface area (Å²) in [6.07, 6.45) is 5.56. The van der Waals surface area contributed by atoms with Crippen LogP contribution in [0.3, 0.4) is 0 Å². The molecule has 0 bridgehead atoms. The van der Waals surface area contributed by atoms with Gasteiger partial charge in [0.1, 0.15) is 5.76 Å². The second-order valence-corrected chi connectivity index (χ2v) is 6.44. The summed E-state index contributed by atoms with van der Waals surface area (Å²) >= 11 is 0. The second-order valence-electron chi connectivity index (χ2n) is 6.44. The molecule has 1 aromatic heterocycles. The molecule has 1 atom stereocenters. The standard InChI is InChI=1S/C16H26N2O3/c1-11(9-14-12(2)18-21-13(14)3)17-15(19)10-16(20)7-5-4-6-8-16/h11,20H,4-10H2,1-3H3,(H,17,19). The number of hydrogen-bond donors (Lipinski definition) is 2. The highest BCUT2D eigenvalue weighted by atomic mass is 16.5. The van der Waals surface area contributed by atoms with Gasteiger partial charge in [0.2, 0.25) is 5.91 Å².